The van der Waals surface area contributed by atoms with Crippen molar-refractivity contribution in [1.82, 2.24) is 4.98 Å². The summed E-state index contributed by atoms with van der Waals surface area (Å²) in [6.45, 7) is 2.71. The van der Waals surface area contributed by atoms with E-state index in [1.165, 1.54) is 4.88 Å². The summed E-state index contributed by atoms with van der Waals surface area (Å²) < 4.78 is 0.898. The van der Waals surface area contributed by atoms with Crippen LogP contribution in [0.3, 0.4) is 0 Å². The van der Waals surface area contributed by atoms with Gasteiger partial charge < -0.3 is 11.1 Å². The first-order valence-corrected chi connectivity index (χ1v) is 7.33. The van der Waals surface area contributed by atoms with Crippen LogP contribution in [-0.4, -0.2) is 9.97 Å². The molecule has 1 aromatic carbocycles. The number of hydrogen-bond acceptors (Lipinski definition) is 4. The molecule has 0 unspecified atom stereocenters. The van der Waals surface area contributed by atoms with Crippen molar-refractivity contribution in [1.29, 1.82) is 0 Å². The summed E-state index contributed by atoms with van der Waals surface area (Å²) in [5.41, 5.74) is 7.49. The fraction of sp³-hybridized carbons (Fsp3) is 0.167. The van der Waals surface area contributed by atoms with Crippen LogP contribution in [0.5, 0.6) is 0 Å². The Morgan fingerprint density at radius 1 is 1.56 bits per heavy atom. The molecule has 0 radical (unpaired) electrons. The maximum Gasteiger partial charge on any atom is 0.112 e. The number of anilines is 1. The standard InChI is InChI=1S/C12H12BrN3S2/c1-7-5-16-10(18-7)6-15-9-4-2-3-8(13)11(9)12(14)17/h2-5,15H,6H2,1H3,(H2,14,17). The van der Waals surface area contributed by atoms with E-state index in [4.69, 9.17) is 18.0 Å². The molecule has 0 saturated heterocycles. The van der Waals surface area contributed by atoms with Crippen LogP contribution in [0.15, 0.2) is 28.9 Å². The van der Waals surface area contributed by atoms with Gasteiger partial charge in [-0.25, -0.2) is 4.98 Å². The van der Waals surface area contributed by atoms with Gasteiger partial charge in [-0.2, -0.15) is 0 Å². The Morgan fingerprint density at radius 3 is 2.94 bits per heavy atom. The molecule has 0 bridgehead atoms. The van der Waals surface area contributed by atoms with Crippen LogP contribution in [-0.2, 0) is 6.54 Å². The number of thiocarbonyl (C=S) groups is 1. The van der Waals surface area contributed by atoms with E-state index in [1.54, 1.807) is 11.3 Å². The highest BCUT2D eigenvalue weighted by atomic mass is 79.9. The first-order chi connectivity index (χ1) is 8.58. The molecule has 94 valence electrons. The van der Waals surface area contributed by atoms with Gasteiger partial charge in [-0.15, -0.1) is 11.3 Å². The summed E-state index contributed by atoms with van der Waals surface area (Å²) in [4.78, 5) is 5.89. The molecule has 3 nitrogen and oxygen atoms in total. The molecule has 3 N–H and O–H groups in total. The molecule has 2 aromatic rings. The fourth-order valence-corrected chi connectivity index (χ4v) is 3.23. The van der Waals surface area contributed by atoms with Gasteiger partial charge in [0.25, 0.3) is 0 Å². The summed E-state index contributed by atoms with van der Waals surface area (Å²) in [5, 5.41) is 4.36. The second-order valence-corrected chi connectivity index (χ2v) is 6.36. The van der Waals surface area contributed by atoms with E-state index >= 15 is 0 Å². The predicted octanol–water partition coefficient (Wildman–Crippen LogP) is 3.46. The number of rotatable bonds is 4. The van der Waals surface area contributed by atoms with E-state index in [0.29, 0.717) is 11.5 Å². The first-order valence-electron chi connectivity index (χ1n) is 5.31. The lowest BCUT2D eigenvalue weighted by atomic mass is 10.2. The van der Waals surface area contributed by atoms with Crippen molar-refractivity contribution in [2.75, 3.05) is 5.32 Å². The monoisotopic (exact) mass is 341 g/mol. The average molecular weight is 342 g/mol. The van der Waals surface area contributed by atoms with Crippen molar-refractivity contribution >= 4 is 50.2 Å². The van der Waals surface area contributed by atoms with Crippen LogP contribution >= 0.6 is 39.5 Å². The number of hydrogen-bond donors (Lipinski definition) is 2. The average Bonchev–Trinajstić information content (AvgIpc) is 2.72. The third kappa shape index (κ3) is 3.07. The zero-order valence-corrected chi connectivity index (χ0v) is 13.0. The number of halogens is 1. The second kappa shape index (κ2) is 5.77. The van der Waals surface area contributed by atoms with Crippen LogP contribution in [0.25, 0.3) is 0 Å². The highest BCUT2D eigenvalue weighted by molar-refractivity contribution is 9.10. The second-order valence-electron chi connectivity index (χ2n) is 3.74. The lowest BCUT2D eigenvalue weighted by Crippen LogP contribution is -2.14. The van der Waals surface area contributed by atoms with E-state index in [1.807, 2.05) is 31.3 Å². The Hall–Kier alpha value is -0.980. The maximum atomic E-state index is 5.74. The minimum atomic E-state index is 0.375. The zero-order valence-electron chi connectivity index (χ0n) is 9.74. The molecule has 0 amide bonds. The van der Waals surface area contributed by atoms with Gasteiger partial charge >= 0.3 is 0 Å². The lowest BCUT2D eigenvalue weighted by Gasteiger charge is -2.11. The highest BCUT2D eigenvalue weighted by Crippen LogP contribution is 2.25. The SMILES string of the molecule is Cc1cnc(CNc2cccc(Br)c2C(N)=S)s1. The van der Waals surface area contributed by atoms with Gasteiger partial charge in [0.1, 0.15) is 10.00 Å². The number of benzene rings is 1. The van der Waals surface area contributed by atoms with Crippen LogP contribution < -0.4 is 11.1 Å². The number of nitrogens with zero attached hydrogens (tertiary/aromatic N) is 1. The van der Waals surface area contributed by atoms with E-state index in [0.717, 1.165) is 20.7 Å². The summed E-state index contributed by atoms with van der Waals surface area (Å²) in [7, 11) is 0. The Morgan fingerprint density at radius 2 is 2.33 bits per heavy atom. The van der Waals surface area contributed by atoms with Crippen LogP contribution in [0, 0.1) is 6.92 Å². The van der Waals surface area contributed by atoms with Crippen molar-refractivity contribution in [3.63, 3.8) is 0 Å². The Balaban J connectivity index is 2.19. The zero-order chi connectivity index (χ0) is 13.1. The van der Waals surface area contributed by atoms with Gasteiger partial charge in [0.15, 0.2) is 0 Å². The quantitative estimate of drug-likeness (QED) is 0.836. The van der Waals surface area contributed by atoms with Gasteiger partial charge in [0, 0.05) is 26.8 Å². The minimum absolute atomic E-state index is 0.375. The summed E-state index contributed by atoms with van der Waals surface area (Å²) in [6, 6.07) is 5.83. The minimum Gasteiger partial charge on any atom is -0.389 e. The van der Waals surface area contributed by atoms with Gasteiger partial charge in [0.05, 0.1) is 6.54 Å². The Labute approximate surface area is 124 Å². The van der Waals surface area contributed by atoms with Gasteiger partial charge in [-0.1, -0.05) is 18.3 Å². The first kappa shape index (κ1) is 13.5. The van der Waals surface area contributed by atoms with Crippen LogP contribution in [0.2, 0.25) is 0 Å². The van der Waals surface area contributed by atoms with Gasteiger partial charge in [-0.05, 0) is 35.0 Å². The van der Waals surface area contributed by atoms with E-state index in [9.17, 15) is 0 Å². The van der Waals surface area contributed by atoms with Crippen molar-refractivity contribution in [3.05, 3.63) is 44.3 Å². The summed E-state index contributed by atoms with van der Waals surface area (Å²) in [5.74, 6) is 0. The highest BCUT2D eigenvalue weighted by Gasteiger charge is 2.09. The van der Waals surface area contributed by atoms with Crippen molar-refractivity contribution in [3.8, 4) is 0 Å². The Bertz CT molecular complexity index is 580. The molecular formula is C12H12BrN3S2. The van der Waals surface area contributed by atoms with Crippen LogP contribution in [0.4, 0.5) is 5.69 Å². The van der Waals surface area contributed by atoms with Crippen molar-refractivity contribution < 1.29 is 0 Å². The number of nitrogens with two attached hydrogens (primary N) is 1. The molecule has 0 spiro atoms. The summed E-state index contributed by atoms with van der Waals surface area (Å²) >= 11 is 10.2. The molecule has 1 aromatic heterocycles. The van der Waals surface area contributed by atoms with Gasteiger partial charge in [0.2, 0.25) is 0 Å². The number of nitrogens with one attached hydrogen (secondary N) is 1. The largest absolute Gasteiger partial charge is 0.389 e. The summed E-state index contributed by atoms with van der Waals surface area (Å²) in [6.07, 6.45) is 1.87. The van der Waals surface area contributed by atoms with Crippen molar-refractivity contribution in [2.24, 2.45) is 5.73 Å². The van der Waals surface area contributed by atoms with Crippen molar-refractivity contribution in [2.45, 2.75) is 13.5 Å². The molecule has 0 fully saturated rings. The molecule has 0 aliphatic rings. The molecule has 18 heavy (non-hydrogen) atoms. The molecule has 6 heteroatoms. The topological polar surface area (TPSA) is 50.9 Å². The number of aromatic nitrogens is 1. The maximum absolute atomic E-state index is 5.74. The number of aryl methyl sites for hydroxylation is 1. The molecule has 0 aliphatic carbocycles. The Kier molecular flexibility index (Phi) is 4.31. The number of thiazole rings is 1. The molecular weight excluding hydrogens is 330 g/mol. The van der Waals surface area contributed by atoms with E-state index < -0.39 is 0 Å². The third-order valence-electron chi connectivity index (χ3n) is 2.36. The smallest absolute Gasteiger partial charge is 0.112 e. The fourth-order valence-electron chi connectivity index (χ4n) is 1.58. The molecule has 0 atom stereocenters. The van der Waals surface area contributed by atoms with Crippen LogP contribution in [0.1, 0.15) is 15.4 Å². The molecule has 0 saturated carbocycles. The molecule has 2 rings (SSSR count). The predicted molar refractivity (Wildman–Crippen MR) is 84.2 cm³/mol. The van der Waals surface area contributed by atoms with E-state index in [-0.39, 0.29) is 0 Å². The molecule has 1 heterocycles. The van der Waals surface area contributed by atoms with Gasteiger partial charge in [-0.3, -0.25) is 0 Å². The van der Waals surface area contributed by atoms with E-state index in [2.05, 4.69) is 26.2 Å². The lowest BCUT2D eigenvalue weighted by molar-refractivity contribution is 1.10. The molecule has 0 aliphatic heterocycles. The normalized spacial score (nSPS) is 10.3. The third-order valence-corrected chi connectivity index (χ3v) is 4.14.